The third-order valence-corrected chi connectivity index (χ3v) is 4.07. The topological polar surface area (TPSA) is 31.2 Å². The molecule has 22 heavy (non-hydrogen) atoms. The van der Waals surface area contributed by atoms with E-state index in [0.29, 0.717) is 23.0 Å². The lowest BCUT2D eigenvalue weighted by Crippen LogP contribution is -2.07. The fourth-order valence-corrected chi connectivity index (χ4v) is 2.75. The number of hydrogen-bond acceptors (Lipinski definition) is 2. The molecule has 1 heterocycles. The highest BCUT2D eigenvalue weighted by atomic mass is 79.9. The van der Waals surface area contributed by atoms with Gasteiger partial charge in [0.15, 0.2) is 0 Å². The summed E-state index contributed by atoms with van der Waals surface area (Å²) in [6, 6.07) is 12.3. The van der Waals surface area contributed by atoms with E-state index >= 15 is 0 Å². The summed E-state index contributed by atoms with van der Waals surface area (Å²) in [5.74, 6) is -0.821. The van der Waals surface area contributed by atoms with Gasteiger partial charge in [0.1, 0.15) is 5.82 Å². The van der Waals surface area contributed by atoms with Crippen molar-refractivity contribution in [2.24, 2.45) is 0 Å². The summed E-state index contributed by atoms with van der Waals surface area (Å²) in [6.45, 7) is 0.546. The second-order valence-electron chi connectivity index (χ2n) is 4.92. The van der Waals surface area contributed by atoms with Crippen LogP contribution in [0.4, 0.5) is 4.39 Å². The first-order chi connectivity index (χ1) is 10.6. The highest BCUT2D eigenvalue weighted by Crippen LogP contribution is 2.25. The zero-order valence-corrected chi connectivity index (χ0v) is 13.4. The number of rotatable bonds is 3. The molecule has 0 unspecified atom stereocenters. The number of carbonyl (C=O) groups is 1. The molecule has 0 atom stereocenters. The minimum atomic E-state index is -0.472. The van der Waals surface area contributed by atoms with Gasteiger partial charge in [0.05, 0.1) is 18.2 Å². The van der Waals surface area contributed by atoms with Crippen LogP contribution >= 0.6 is 15.9 Å². The number of carbonyl (C=O) groups excluding carboxylic acids is 1. The number of halogens is 2. The summed E-state index contributed by atoms with van der Waals surface area (Å²) >= 11 is 3.40. The van der Waals surface area contributed by atoms with Crippen molar-refractivity contribution in [2.45, 2.75) is 6.54 Å². The van der Waals surface area contributed by atoms with E-state index in [-0.39, 0.29) is 5.82 Å². The molecule has 0 radical (unpaired) electrons. The maximum absolute atomic E-state index is 14.0. The van der Waals surface area contributed by atoms with Gasteiger partial charge in [-0.05, 0) is 35.9 Å². The van der Waals surface area contributed by atoms with Crippen molar-refractivity contribution in [1.82, 2.24) is 4.57 Å². The number of benzene rings is 2. The SMILES string of the molecule is COC(=O)c1ccc(F)c2ccn(Cc3ccc(Br)cc3)c12. The first-order valence-corrected chi connectivity index (χ1v) is 7.49. The Kier molecular flexibility index (Phi) is 3.98. The predicted octanol–water partition coefficient (Wildman–Crippen LogP) is 4.38. The maximum Gasteiger partial charge on any atom is 0.340 e. The van der Waals surface area contributed by atoms with Crippen LogP contribution in [0.2, 0.25) is 0 Å². The van der Waals surface area contributed by atoms with Gasteiger partial charge in [0.25, 0.3) is 0 Å². The van der Waals surface area contributed by atoms with Crippen LogP contribution in [0.3, 0.4) is 0 Å². The largest absolute Gasteiger partial charge is 0.465 e. The first-order valence-electron chi connectivity index (χ1n) is 6.70. The van der Waals surface area contributed by atoms with Crippen LogP contribution in [-0.2, 0) is 11.3 Å². The zero-order valence-electron chi connectivity index (χ0n) is 11.8. The van der Waals surface area contributed by atoms with Crippen LogP contribution in [0, 0.1) is 5.82 Å². The Bertz CT molecular complexity index is 840. The minimum absolute atomic E-state index is 0.350. The van der Waals surface area contributed by atoms with Gasteiger partial charge in [-0.15, -0.1) is 0 Å². The fourth-order valence-electron chi connectivity index (χ4n) is 2.48. The van der Waals surface area contributed by atoms with Gasteiger partial charge in [0.2, 0.25) is 0 Å². The van der Waals surface area contributed by atoms with Crippen LogP contribution in [-0.4, -0.2) is 17.6 Å². The molecule has 5 heteroatoms. The number of nitrogens with zero attached hydrogens (tertiary/aromatic N) is 1. The Morgan fingerprint density at radius 3 is 2.59 bits per heavy atom. The molecule has 0 aliphatic rings. The third kappa shape index (κ3) is 2.64. The molecule has 0 spiro atoms. The molecule has 3 aromatic rings. The van der Waals surface area contributed by atoms with E-state index < -0.39 is 5.97 Å². The molecule has 0 saturated carbocycles. The summed E-state index contributed by atoms with van der Waals surface area (Å²) in [4.78, 5) is 11.9. The van der Waals surface area contributed by atoms with E-state index in [9.17, 15) is 9.18 Å². The number of ether oxygens (including phenoxy) is 1. The quantitative estimate of drug-likeness (QED) is 0.648. The molecule has 0 N–H and O–H groups in total. The average Bonchev–Trinajstić information content (AvgIpc) is 2.94. The maximum atomic E-state index is 14.0. The average molecular weight is 362 g/mol. The molecule has 112 valence electrons. The minimum Gasteiger partial charge on any atom is -0.465 e. The number of fused-ring (bicyclic) bond motifs is 1. The fraction of sp³-hybridized carbons (Fsp3) is 0.118. The van der Waals surface area contributed by atoms with E-state index in [0.717, 1.165) is 10.0 Å². The van der Waals surface area contributed by atoms with Crippen molar-refractivity contribution in [3.8, 4) is 0 Å². The lowest BCUT2D eigenvalue weighted by molar-refractivity contribution is 0.0602. The predicted molar refractivity (Wildman–Crippen MR) is 86.5 cm³/mol. The summed E-state index contributed by atoms with van der Waals surface area (Å²) in [5.41, 5.74) is 1.97. The van der Waals surface area contributed by atoms with Gasteiger partial charge < -0.3 is 9.30 Å². The molecule has 0 amide bonds. The summed E-state index contributed by atoms with van der Waals surface area (Å²) in [6.07, 6.45) is 1.78. The van der Waals surface area contributed by atoms with Gasteiger partial charge in [0, 0.05) is 22.6 Å². The highest BCUT2D eigenvalue weighted by molar-refractivity contribution is 9.10. The van der Waals surface area contributed by atoms with Crippen molar-refractivity contribution in [1.29, 1.82) is 0 Å². The van der Waals surface area contributed by atoms with E-state index in [2.05, 4.69) is 15.9 Å². The highest BCUT2D eigenvalue weighted by Gasteiger charge is 2.16. The second kappa shape index (κ2) is 5.93. The second-order valence-corrected chi connectivity index (χ2v) is 5.83. The number of esters is 1. The number of aromatic nitrogens is 1. The Labute approximate surface area is 135 Å². The van der Waals surface area contributed by atoms with Crippen molar-refractivity contribution in [3.05, 3.63) is 70.1 Å². The zero-order chi connectivity index (χ0) is 15.7. The van der Waals surface area contributed by atoms with Crippen LogP contribution in [0.15, 0.2) is 53.1 Å². The van der Waals surface area contributed by atoms with Crippen molar-refractivity contribution < 1.29 is 13.9 Å². The van der Waals surface area contributed by atoms with E-state index in [1.165, 1.54) is 19.2 Å². The Morgan fingerprint density at radius 2 is 1.91 bits per heavy atom. The van der Waals surface area contributed by atoms with Gasteiger partial charge in [-0.2, -0.15) is 0 Å². The monoisotopic (exact) mass is 361 g/mol. The Morgan fingerprint density at radius 1 is 1.18 bits per heavy atom. The van der Waals surface area contributed by atoms with Crippen molar-refractivity contribution >= 4 is 32.8 Å². The van der Waals surface area contributed by atoms with Crippen LogP contribution < -0.4 is 0 Å². The molecule has 0 fully saturated rings. The summed E-state index contributed by atoms with van der Waals surface area (Å²) in [7, 11) is 1.32. The Hall–Kier alpha value is -2.14. The molecule has 2 aromatic carbocycles. The first kappa shape index (κ1) is 14.8. The molecule has 0 aliphatic heterocycles. The normalized spacial score (nSPS) is 10.9. The van der Waals surface area contributed by atoms with E-state index in [4.69, 9.17) is 4.74 Å². The van der Waals surface area contributed by atoms with Gasteiger partial charge >= 0.3 is 5.97 Å². The molecule has 0 saturated heterocycles. The molecule has 0 aliphatic carbocycles. The van der Waals surface area contributed by atoms with Crippen molar-refractivity contribution in [2.75, 3.05) is 7.11 Å². The lowest BCUT2D eigenvalue weighted by Gasteiger charge is -2.09. The molecular weight excluding hydrogens is 349 g/mol. The number of hydrogen-bond donors (Lipinski definition) is 0. The number of methoxy groups -OCH3 is 1. The van der Waals surface area contributed by atoms with Gasteiger partial charge in [-0.25, -0.2) is 9.18 Å². The van der Waals surface area contributed by atoms with Crippen molar-refractivity contribution in [3.63, 3.8) is 0 Å². The van der Waals surface area contributed by atoms with Crippen LogP contribution in [0.5, 0.6) is 0 Å². The molecule has 1 aromatic heterocycles. The summed E-state index contributed by atoms with van der Waals surface area (Å²) < 4.78 is 21.6. The van der Waals surface area contributed by atoms with Gasteiger partial charge in [-0.3, -0.25) is 0 Å². The lowest BCUT2D eigenvalue weighted by atomic mass is 10.1. The van der Waals surface area contributed by atoms with Gasteiger partial charge in [-0.1, -0.05) is 28.1 Å². The van der Waals surface area contributed by atoms with E-state index in [1.54, 1.807) is 12.3 Å². The van der Waals surface area contributed by atoms with Crippen LogP contribution in [0.25, 0.3) is 10.9 Å². The van der Waals surface area contributed by atoms with Crippen LogP contribution in [0.1, 0.15) is 15.9 Å². The Balaban J connectivity index is 2.11. The molecule has 3 rings (SSSR count). The summed E-state index contributed by atoms with van der Waals surface area (Å²) in [5, 5.41) is 0.417. The van der Waals surface area contributed by atoms with E-state index in [1.807, 2.05) is 28.8 Å². The molecule has 0 bridgehead atoms. The third-order valence-electron chi connectivity index (χ3n) is 3.54. The standard InChI is InChI=1S/C17H13BrFNO2/c1-22-17(21)14-6-7-15(19)13-8-9-20(16(13)14)10-11-2-4-12(18)5-3-11/h2-9H,10H2,1H3. The molecular formula is C17H13BrFNO2. The smallest absolute Gasteiger partial charge is 0.340 e. The molecule has 3 nitrogen and oxygen atoms in total.